The summed E-state index contributed by atoms with van der Waals surface area (Å²) in [5.41, 5.74) is -0.189. The van der Waals surface area contributed by atoms with Crippen molar-refractivity contribution in [2.24, 2.45) is 0 Å². The van der Waals surface area contributed by atoms with Gasteiger partial charge in [0.1, 0.15) is 17.1 Å². The molecule has 0 bridgehead atoms. The number of likely N-dealkylation sites (tertiary alicyclic amines) is 1. The number of nitrogens with zero attached hydrogens (tertiary/aromatic N) is 1. The topological polar surface area (TPSA) is 78.9 Å². The van der Waals surface area contributed by atoms with E-state index in [0.29, 0.717) is 13.0 Å². The normalized spacial score (nSPS) is 21.4. The lowest BCUT2D eigenvalue weighted by Gasteiger charge is -2.35. The first-order chi connectivity index (χ1) is 10.4. The molecule has 0 spiro atoms. The zero-order valence-electron chi connectivity index (χ0n) is 12.5. The van der Waals surface area contributed by atoms with Crippen molar-refractivity contribution in [3.63, 3.8) is 0 Å². The molecule has 1 aromatic rings. The number of piperidine rings is 1. The molecule has 0 unspecified atom stereocenters. The monoisotopic (exact) mass is 310 g/mol. The van der Waals surface area contributed by atoms with Crippen molar-refractivity contribution in [2.45, 2.75) is 25.5 Å². The van der Waals surface area contributed by atoms with Crippen LogP contribution in [-0.2, 0) is 4.79 Å². The summed E-state index contributed by atoms with van der Waals surface area (Å²) in [6.07, 6.45) is -0.483. The molecule has 2 N–H and O–H groups in total. The lowest BCUT2D eigenvalue weighted by molar-refractivity contribution is -0.132. The molecule has 120 valence electrons. The van der Waals surface area contributed by atoms with Crippen LogP contribution in [0.25, 0.3) is 0 Å². The van der Waals surface area contributed by atoms with Crippen LogP contribution in [0, 0.1) is 5.82 Å². The van der Waals surface area contributed by atoms with Crippen molar-refractivity contribution in [3.05, 3.63) is 29.6 Å². The van der Waals surface area contributed by atoms with E-state index in [-0.39, 0.29) is 23.8 Å². The van der Waals surface area contributed by atoms with Gasteiger partial charge in [-0.1, -0.05) is 6.07 Å². The van der Waals surface area contributed by atoms with E-state index in [9.17, 15) is 19.1 Å². The van der Waals surface area contributed by atoms with Gasteiger partial charge in [0.15, 0.2) is 0 Å². The fourth-order valence-corrected chi connectivity index (χ4v) is 2.52. The number of carbonyl (C=O) groups excluding carboxylic acids is 2. The van der Waals surface area contributed by atoms with Gasteiger partial charge in [0.05, 0.1) is 19.3 Å². The molecule has 1 heterocycles. The second-order valence-electron chi connectivity index (χ2n) is 5.22. The van der Waals surface area contributed by atoms with Gasteiger partial charge >= 0.3 is 0 Å². The molecule has 1 aliphatic rings. The van der Waals surface area contributed by atoms with Gasteiger partial charge in [0.25, 0.3) is 5.91 Å². The first kappa shape index (κ1) is 16.2. The van der Waals surface area contributed by atoms with E-state index in [1.165, 1.54) is 37.1 Å². The van der Waals surface area contributed by atoms with Crippen molar-refractivity contribution < 1.29 is 23.8 Å². The highest BCUT2D eigenvalue weighted by Crippen LogP contribution is 2.22. The summed E-state index contributed by atoms with van der Waals surface area (Å²) in [5.74, 6) is -1.32. The minimum absolute atomic E-state index is 0.125. The molecule has 0 aromatic heterocycles. The Morgan fingerprint density at radius 3 is 2.77 bits per heavy atom. The minimum atomic E-state index is -0.889. The Hall–Kier alpha value is -2.15. The summed E-state index contributed by atoms with van der Waals surface area (Å²) < 4.78 is 18.8. The van der Waals surface area contributed by atoms with Crippen molar-refractivity contribution in [3.8, 4) is 5.75 Å². The molecule has 22 heavy (non-hydrogen) atoms. The molecule has 1 aromatic carbocycles. The van der Waals surface area contributed by atoms with Crippen LogP contribution in [0.1, 0.15) is 23.7 Å². The zero-order valence-corrected chi connectivity index (χ0v) is 12.5. The SMILES string of the molecule is COc1cccc(F)c1C(=O)N[C@@H]1CCN(C(C)=O)C[C@H]1O. The Kier molecular flexibility index (Phi) is 4.97. The Bertz CT molecular complexity index is 579. The highest BCUT2D eigenvalue weighted by molar-refractivity contribution is 5.97. The van der Waals surface area contributed by atoms with Gasteiger partial charge in [-0.2, -0.15) is 0 Å². The van der Waals surface area contributed by atoms with Crippen LogP contribution >= 0.6 is 0 Å². The Labute approximate surface area is 127 Å². The van der Waals surface area contributed by atoms with Gasteiger partial charge in [-0.05, 0) is 18.6 Å². The number of ether oxygens (including phenoxy) is 1. The number of hydrogen-bond donors (Lipinski definition) is 2. The molecule has 2 atom stereocenters. The number of β-amino-alcohol motifs (C(OH)–C–C–N with tert-alkyl or cyclic N) is 1. The number of aliphatic hydroxyl groups excluding tert-OH is 1. The second-order valence-corrected chi connectivity index (χ2v) is 5.22. The maximum atomic E-state index is 13.9. The third-order valence-corrected chi connectivity index (χ3v) is 3.77. The van der Waals surface area contributed by atoms with Crippen LogP contribution < -0.4 is 10.1 Å². The average molecular weight is 310 g/mol. The summed E-state index contributed by atoms with van der Waals surface area (Å²) in [4.78, 5) is 25.0. The van der Waals surface area contributed by atoms with Crippen molar-refractivity contribution in [1.82, 2.24) is 10.2 Å². The third kappa shape index (κ3) is 3.36. The number of rotatable bonds is 3. The van der Waals surface area contributed by atoms with E-state index in [2.05, 4.69) is 5.32 Å². The largest absolute Gasteiger partial charge is 0.496 e. The van der Waals surface area contributed by atoms with Gasteiger partial charge in [0.2, 0.25) is 5.91 Å². The molecule has 0 radical (unpaired) electrons. The van der Waals surface area contributed by atoms with E-state index in [4.69, 9.17) is 4.74 Å². The Morgan fingerprint density at radius 1 is 1.45 bits per heavy atom. The molecule has 0 saturated carbocycles. The summed E-state index contributed by atoms with van der Waals surface area (Å²) in [6.45, 7) is 2.01. The van der Waals surface area contributed by atoms with Gasteiger partial charge in [0, 0.05) is 20.0 Å². The summed E-state index contributed by atoms with van der Waals surface area (Å²) in [6, 6.07) is 3.58. The third-order valence-electron chi connectivity index (χ3n) is 3.77. The molecule has 7 heteroatoms. The lowest BCUT2D eigenvalue weighted by atomic mass is 10.0. The first-order valence-corrected chi connectivity index (χ1v) is 7.01. The zero-order chi connectivity index (χ0) is 16.3. The molecule has 1 aliphatic heterocycles. The maximum absolute atomic E-state index is 13.9. The molecular formula is C15H19FN2O4. The number of carbonyl (C=O) groups is 2. The Balaban J connectivity index is 2.09. The van der Waals surface area contributed by atoms with E-state index in [0.717, 1.165) is 0 Å². The number of methoxy groups -OCH3 is 1. The first-order valence-electron chi connectivity index (χ1n) is 7.01. The maximum Gasteiger partial charge on any atom is 0.258 e. The molecular weight excluding hydrogens is 291 g/mol. The van der Waals surface area contributed by atoms with Crippen LogP contribution in [0.15, 0.2) is 18.2 Å². The predicted octanol–water partition coefficient (Wildman–Crippen LogP) is 0.546. The quantitative estimate of drug-likeness (QED) is 0.854. The van der Waals surface area contributed by atoms with E-state index in [1.807, 2.05) is 0 Å². The van der Waals surface area contributed by atoms with Gasteiger partial charge in [-0.25, -0.2) is 4.39 Å². The second kappa shape index (κ2) is 6.74. The van der Waals surface area contributed by atoms with E-state index in [1.54, 1.807) is 0 Å². The fraction of sp³-hybridized carbons (Fsp3) is 0.467. The number of hydrogen-bond acceptors (Lipinski definition) is 4. The standard InChI is InChI=1S/C15H19FN2O4/c1-9(19)18-7-6-11(12(20)8-18)17-15(21)14-10(16)4-3-5-13(14)22-2/h3-5,11-12,20H,6-8H2,1-2H3,(H,17,21)/t11-,12-/m1/s1. The minimum Gasteiger partial charge on any atom is -0.496 e. The fourth-order valence-electron chi connectivity index (χ4n) is 2.52. The van der Waals surface area contributed by atoms with E-state index < -0.39 is 23.9 Å². The molecule has 0 aliphatic carbocycles. The van der Waals surface area contributed by atoms with Gasteiger partial charge in [-0.15, -0.1) is 0 Å². The van der Waals surface area contributed by atoms with Crippen molar-refractivity contribution in [1.29, 1.82) is 0 Å². The van der Waals surface area contributed by atoms with Crippen LogP contribution in [0.3, 0.4) is 0 Å². The van der Waals surface area contributed by atoms with Crippen LogP contribution in [-0.4, -0.2) is 54.2 Å². The molecule has 6 nitrogen and oxygen atoms in total. The highest BCUT2D eigenvalue weighted by atomic mass is 19.1. The predicted molar refractivity (Wildman–Crippen MR) is 77.1 cm³/mol. The number of nitrogens with one attached hydrogen (secondary N) is 1. The number of benzene rings is 1. The highest BCUT2D eigenvalue weighted by Gasteiger charge is 2.31. The molecule has 1 fully saturated rings. The van der Waals surface area contributed by atoms with Crippen molar-refractivity contribution >= 4 is 11.8 Å². The van der Waals surface area contributed by atoms with E-state index >= 15 is 0 Å². The summed E-state index contributed by atoms with van der Waals surface area (Å²) in [5, 5.41) is 12.7. The number of aliphatic hydroxyl groups is 1. The average Bonchev–Trinajstić information content (AvgIpc) is 2.48. The Morgan fingerprint density at radius 2 is 2.18 bits per heavy atom. The summed E-state index contributed by atoms with van der Waals surface area (Å²) in [7, 11) is 1.35. The van der Waals surface area contributed by atoms with Gasteiger partial charge in [-0.3, -0.25) is 9.59 Å². The van der Waals surface area contributed by atoms with Crippen LogP contribution in [0.4, 0.5) is 4.39 Å². The number of amides is 2. The molecule has 2 amide bonds. The summed E-state index contributed by atoms with van der Waals surface area (Å²) >= 11 is 0. The smallest absolute Gasteiger partial charge is 0.258 e. The van der Waals surface area contributed by atoms with Crippen LogP contribution in [0.2, 0.25) is 0 Å². The van der Waals surface area contributed by atoms with Gasteiger partial charge < -0.3 is 20.1 Å². The van der Waals surface area contributed by atoms with Crippen molar-refractivity contribution in [2.75, 3.05) is 20.2 Å². The molecule has 1 saturated heterocycles. The van der Waals surface area contributed by atoms with Crippen LogP contribution in [0.5, 0.6) is 5.75 Å². The molecule has 2 rings (SSSR count). The lowest BCUT2D eigenvalue weighted by Crippen LogP contribution is -2.55. The number of halogens is 1.